The van der Waals surface area contributed by atoms with E-state index in [-0.39, 0.29) is 0 Å². The van der Waals surface area contributed by atoms with Crippen molar-refractivity contribution in [3.8, 4) is 0 Å². The highest BCUT2D eigenvalue weighted by atomic mass is 13.9. The number of hydrogen-bond acceptors (Lipinski definition) is 0. The van der Waals surface area contributed by atoms with Gasteiger partial charge in [0.1, 0.15) is 0 Å². The van der Waals surface area contributed by atoms with Crippen LogP contribution in [0.25, 0.3) is 0 Å². The van der Waals surface area contributed by atoms with Gasteiger partial charge < -0.3 is 0 Å². The molecule has 1 aliphatic rings. The SMILES string of the molecule is C1=C\C=C/C=C\CCCC\C=C/C=C\C=C/1. The Labute approximate surface area is 99.1 Å². The summed E-state index contributed by atoms with van der Waals surface area (Å²) in [6.45, 7) is 0. The Kier molecular flexibility index (Phi) is 7.80. The highest BCUT2D eigenvalue weighted by molar-refractivity contribution is 5.19. The van der Waals surface area contributed by atoms with Gasteiger partial charge in [-0.2, -0.15) is 0 Å². The largest absolute Gasteiger partial charge is 0.0845 e. The molecule has 0 aromatic heterocycles. The molecule has 0 nitrogen and oxygen atoms in total. The van der Waals surface area contributed by atoms with Crippen molar-refractivity contribution in [2.45, 2.75) is 25.7 Å². The molecule has 0 saturated heterocycles. The first-order valence-corrected chi connectivity index (χ1v) is 5.98. The lowest BCUT2D eigenvalue weighted by Gasteiger charge is -1.91. The summed E-state index contributed by atoms with van der Waals surface area (Å²) in [5.41, 5.74) is 0. The molecule has 0 aromatic rings. The maximum Gasteiger partial charge on any atom is -0.0347 e. The normalized spacial score (nSPS) is 30.0. The molecule has 1 rings (SSSR count). The zero-order valence-electron chi connectivity index (χ0n) is 9.76. The van der Waals surface area contributed by atoms with Crippen molar-refractivity contribution in [3.05, 3.63) is 72.9 Å². The lowest BCUT2D eigenvalue weighted by molar-refractivity contribution is 0.762. The predicted octanol–water partition coefficient (Wildman–Crippen LogP) is 4.90. The van der Waals surface area contributed by atoms with Crippen LogP contribution in [-0.2, 0) is 0 Å². The first kappa shape index (κ1) is 12.5. The third kappa shape index (κ3) is 7.81. The second-order valence-electron chi connectivity index (χ2n) is 3.68. The lowest BCUT2D eigenvalue weighted by atomic mass is 10.2. The van der Waals surface area contributed by atoms with Crippen molar-refractivity contribution in [3.63, 3.8) is 0 Å². The Morgan fingerprint density at radius 2 is 0.688 bits per heavy atom. The number of hydrogen-bond donors (Lipinski definition) is 0. The average molecular weight is 212 g/mol. The van der Waals surface area contributed by atoms with Crippen LogP contribution in [0.1, 0.15) is 25.7 Å². The molecule has 0 bridgehead atoms. The van der Waals surface area contributed by atoms with Gasteiger partial charge in [0.25, 0.3) is 0 Å². The Hall–Kier alpha value is -1.56. The fourth-order valence-corrected chi connectivity index (χ4v) is 1.39. The fourth-order valence-electron chi connectivity index (χ4n) is 1.39. The molecule has 0 aromatic carbocycles. The van der Waals surface area contributed by atoms with Gasteiger partial charge in [-0.05, 0) is 25.7 Å². The molecule has 16 heavy (non-hydrogen) atoms. The van der Waals surface area contributed by atoms with Gasteiger partial charge >= 0.3 is 0 Å². The van der Waals surface area contributed by atoms with E-state index in [4.69, 9.17) is 0 Å². The summed E-state index contributed by atoms with van der Waals surface area (Å²) in [6.07, 6.45) is 30.0. The van der Waals surface area contributed by atoms with Gasteiger partial charge in [-0.3, -0.25) is 0 Å². The van der Waals surface area contributed by atoms with Crippen molar-refractivity contribution in [2.75, 3.05) is 0 Å². The first-order chi connectivity index (χ1) is 8.00. The quantitative estimate of drug-likeness (QED) is 0.536. The summed E-state index contributed by atoms with van der Waals surface area (Å²) in [6, 6.07) is 0. The molecular formula is C16H20. The van der Waals surface area contributed by atoms with Gasteiger partial charge in [0.05, 0.1) is 0 Å². The van der Waals surface area contributed by atoms with E-state index >= 15 is 0 Å². The molecule has 0 amide bonds. The monoisotopic (exact) mass is 212 g/mol. The Morgan fingerprint density at radius 3 is 1.06 bits per heavy atom. The zero-order valence-corrected chi connectivity index (χ0v) is 9.76. The zero-order chi connectivity index (χ0) is 11.3. The van der Waals surface area contributed by atoms with E-state index in [2.05, 4.69) is 48.6 Å². The van der Waals surface area contributed by atoms with Crippen molar-refractivity contribution in [1.29, 1.82) is 0 Å². The number of allylic oxidation sites excluding steroid dienone is 12. The van der Waals surface area contributed by atoms with Gasteiger partial charge in [-0.1, -0.05) is 72.9 Å². The van der Waals surface area contributed by atoms with Gasteiger partial charge in [0.15, 0.2) is 0 Å². The molecule has 0 atom stereocenters. The van der Waals surface area contributed by atoms with Crippen molar-refractivity contribution >= 4 is 0 Å². The van der Waals surface area contributed by atoms with E-state index in [9.17, 15) is 0 Å². The summed E-state index contributed by atoms with van der Waals surface area (Å²) in [5.74, 6) is 0. The molecular weight excluding hydrogens is 192 g/mol. The van der Waals surface area contributed by atoms with E-state index in [1.165, 1.54) is 25.7 Å². The average Bonchev–Trinajstić information content (AvgIpc) is 2.29. The van der Waals surface area contributed by atoms with E-state index in [1.807, 2.05) is 24.3 Å². The summed E-state index contributed by atoms with van der Waals surface area (Å²) in [7, 11) is 0. The molecule has 1 aliphatic carbocycles. The minimum Gasteiger partial charge on any atom is -0.0845 e. The van der Waals surface area contributed by atoms with Gasteiger partial charge in [-0.25, -0.2) is 0 Å². The van der Waals surface area contributed by atoms with Crippen molar-refractivity contribution in [2.24, 2.45) is 0 Å². The van der Waals surface area contributed by atoms with Crippen LogP contribution in [0.3, 0.4) is 0 Å². The van der Waals surface area contributed by atoms with E-state index in [1.54, 1.807) is 0 Å². The summed E-state index contributed by atoms with van der Waals surface area (Å²) < 4.78 is 0. The molecule has 0 unspecified atom stereocenters. The molecule has 0 saturated carbocycles. The first-order valence-electron chi connectivity index (χ1n) is 5.98. The van der Waals surface area contributed by atoms with Crippen molar-refractivity contribution < 1.29 is 0 Å². The van der Waals surface area contributed by atoms with E-state index < -0.39 is 0 Å². The maximum atomic E-state index is 2.23. The van der Waals surface area contributed by atoms with Crippen LogP contribution in [0.4, 0.5) is 0 Å². The van der Waals surface area contributed by atoms with E-state index in [0.717, 1.165) is 0 Å². The molecule has 0 spiro atoms. The second-order valence-corrected chi connectivity index (χ2v) is 3.68. The molecule has 0 aliphatic heterocycles. The topological polar surface area (TPSA) is 0 Å². The number of rotatable bonds is 0. The van der Waals surface area contributed by atoms with Crippen LogP contribution < -0.4 is 0 Å². The Bertz CT molecular complexity index is 288. The molecule has 84 valence electrons. The summed E-state index contributed by atoms with van der Waals surface area (Å²) >= 11 is 0. The van der Waals surface area contributed by atoms with Crippen LogP contribution in [0.15, 0.2) is 72.9 Å². The molecule has 0 heteroatoms. The molecule has 0 fully saturated rings. The van der Waals surface area contributed by atoms with Gasteiger partial charge in [0.2, 0.25) is 0 Å². The molecule has 0 N–H and O–H groups in total. The molecule has 0 radical (unpaired) electrons. The highest BCUT2D eigenvalue weighted by Crippen LogP contribution is 2.02. The minimum absolute atomic E-state index is 1.18. The maximum absolute atomic E-state index is 2.23. The smallest absolute Gasteiger partial charge is 0.0347 e. The summed E-state index contributed by atoms with van der Waals surface area (Å²) in [5, 5.41) is 0. The van der Waals surface area contributed by atoms with Crippen LogP contribution in [0.2, 0.25) is 0 Å². The van der Waals surface area contributed by atoms with Gasteiger partial charge in [0, 0.05) is 0 Å². The standard InChI is InChI=1S/C16H20/c1-2-4-6-8-10-12-14-16-15-13-11-9-7-5-3-1/h1-12H,13-16H2/b3-1-,4-2-,7-5-,8-6-,11-9-,12-10-. The third-order valence-corrected chi connectivity index (χ3v) is 2.26. The van der Waals surface area contributed by atoms with E-state index in [0.29, 0.717) is 0 Å². The van der Waals surface area contributed by atoms with Crippen LogP contribution in [0.5, 0.6) is 0 Å². The second kappa shape index (κ2) is 9.97. The van der Waals surface area contributed by atoms with Crippen LogP contribution >= 0.6 is 0 Å². The highest BCUT2D eigenvalue weighted by Gasteiger charge is 1.82. The minimum atomic E-state index is 1.18. The predicted molar refractivity (Wildman–Crippen MR) is 73.3 cm³/mol. The third-order valence-electron chi connectivity index (χ3n) is 2.26. The van der Waals surface area contributed by atoms with Gasteiger partial charge in [-0.15, -0.1) is 0 Å². The summed E-state index contributed by atoms with van der Waals surface area (Å²) in [4.78, 5) is 0. The Morgan fingerprint density at radius 1 is 0.375 bits per heavy atom. The fraction of sp³-hybridized carbons (Fsp3) is 0.250. The molecule has 0 heterocycles. The lowest BCUT2D eigenvalue weighted by Crippen LogP contribution is -1.71. The van der Waals surface area contributed by atoms with Crippen LogP contribution in [0, 0.1) is 0 Å². The Balaban J connectivity index is 2.48. The van der Waals surface area contributed by atoms with Crippen LogP contribution in [-0.4, -0.2) is 0 Å². The van der Waals surface area contributed by atoms with Crippen molar-refractivity contribution in [1.82, 2.24) is 0 Å².